The third kappa shape index (κ3) is 7.31. The van der Waals surface area contributed by atoms with Crippen LogP contribution in [0.3, 0.4) is 0 Å². The molecule has 0 bridgehead atoms. The summed E-state index contributed by atoms with van der Waals surface area (Å²) in [6.45, 7) is 4.28. The van der Waals surface area contributed by atoms with Crippen molar-refractivity contribution in [2.75, 3.05) is 32.1 Å². The fourth-order valence-corrected chi connectivity index (χ4v) is 3.11. The number of nitrogens with zero attached hydrogens (tertiary/aromatic N) is 2. The molecule has 0 aromatic carbocycles. The Kier molecular flexibility index (Phi) is 8.81. The van der Waals surface area contributed by atoms with Gasteiger partial charge in [-0.2, -0.15) is 0 Å². The smallest absolute Gasteiger partial charge is 0.290 e. The predicted molar refractivity (Wildman–Crippen MR) is 109 cm³/mol. The Morgan fingerprint density at radius 1 is 1.34 bits per heavy atom. The first-order valence-corrected chi connectivity index (χ1v) is 10.2. The van der Waals surface area contributed by atoms with Crippen molar-refractivity contribution in [3.05, 3.63) is 35.2 Å². The first kappa shape index (κ1) is 22.6. The highest BCUT2D eigenvalue weighted by Crippen LogP contribution is 2.16. The Morgan fingerprint density at radius 2 is 2.14 bits per heavy atom. The van der Waals surface area contributed by atoms with Gasteiger partial charge >= 0.3 is 0 Å². The van der Waals surface area contributed by atoms with E-state index in [0.717, 1.165) is 6.42 Å². The molecule has 0 spiro atoms. The number of hydrogen-bond donors (Lipinski definition) is 2. The molecular formula is C19H26N4O5S. The second kappa shape index (κ2) is 11.3. The van der Waals surface area contributed by atoms with Gasteiger partial charge in [0.05, 0.1) is 25.0 Å². The highest BCUT2D eigenvalue weighted by Gasteiger charge is 2.21. The summed E-state index contributed by atoms with van der Waals surface area (Å²) in [6.07, 6.45) is 2.39. The number of carbonyl (C=O) groups excluding carboxylic acids is 3. The standard InChI is InChI=1S/C19H26N4O5S/c1-4-13(2)20-16(24)10-14-12-29-19(21-14)22-17(25)11-23(7-9-27-3)18(26)15-6-5-8-28-15/h5-6,8,12-13H,4,7,9-11H2,1-3H3,(H,20,24)(H,21,22,25). The zero-order chi connectivity index (χ0) is 21.2. The minimum atomic E-state index is -0.399. The van der Waals surface area contributed by atoms with Gasteiger partial charge in [-0.25, -0.2) is 4.98 Å². The summed E-state index contributed by atoms with van der Waals surface area (Å²) in [6, 6.07) is 3.25. The van der Waals surface area contributed by atoms with Crippen LogP contribution < -0.4 is 10.6 Å². The number of anilines is 1. The Balaban J connectivity index is 1.92. The van der Waals surface area contributed by atoms with Crippen LogP contribution in [0.25, 0.3) is 0 Å². The molecule has 29 heavy (non-hydrogen) atoms. The molecule has 0 aliphatic heterocycles. The van der Waals surface area contributed by atoms with Gasteiger partial charge in [0.15, 0.2) is 10.9 Å². The van der Waals surface area contributed by atoms with Crippen molar-refractivity contribution in [1.29, 1.82) is 0 Å². The van der Waals surface area contributed by atoms with Crippen molar-refractivity contribution in [3.8, 4) is 0 Å². The molecule has 0 saturated carbocycles. The van der Waals surface area contributed by atoms with E-state index in [1.54, 1.807) is 11.4 Å². The summed E-state index contributed by atoms with van der Waals surface area (Å²) in [4.78, 5) is 42.4. The van der Waals surface area contributed by atoms with Gasteiger partial charge in [0.1, 0.15) is 6.54 Å². The molecule has 2 rings (SSSR count). The van der Waals surface area contributed by atoms with Gasteiger partial charge < -0.3 is 24.7 Å². The molecule has 158 valence electrons. The summed E-state index contributed by atoms with van der Waals surface area (Å²) in [5.41, 5.74) is 0.578. The Hall–Kier alpha value is -2.72. The average molecular weight is 423 g/mol. The van der Waals surface area contributed by atoms with E-state index in [0.29, 0.717) is 10.8 Å². The molecule has 0 saturated heterocycles. The lowest BCUT2D eigenvalue weighted by Gasteiger charge is -2.20. The molecule has 2 heterocycles. The number of amides is 3. The van der Waals surface area contributed by atoms with Gasteiger partial charge in [-0.15, -0.1) is 11.3 Å². The summed E-state index contributed by atoms with van der Waals surface area (Å²) in [5.74, 6) is -0.759. The molecule has 2 aromatic rings. The van der Waals surface area contributed by atoms with E-state index in [-0.39, 0.29) is 43.8 Å². The topological polar surface area (TPSA) is 114 Å². The Morgan fingerprint density at radius 3 is 2.79 bits per heavy atom. The van der Waals surface area contributed by atoms with Gasteiger partial charge in [0, 0.05) is 25.1 Å². The van der Waals surface area contributed by atoms with Crippen LogP contribution in [0.15, 0.2) is 28.2 Å². The maximum Gasteiger partial charge on any atom is 0.290 e. The highest BCUT2D eigenvalue weighted by atomic mass is 32.1. The molecular weight excluding hydrogens is 396 g/mol. The average Bonchev–Trinajstić information content (AvgIpc) is 3.36. The number of nitrogens with one attached hydrogen (secondary N) is 2. The summed E-state index contributed by atoms with van der Waals surface area (Å²) < 4.78 is 10.1. The molecule has 10 heteroatoms. The number of aromatic nitrogens is 1. The van der Waals surface area contributed by atoms with E-state index < -0.39 is 11.8 Å². The molecule has 2 aromatic heterocycles. The minimum absolute atomic E-state index is 0.102. The lowest BCUT2D eigenvalue weighted by molar-refractivity contribution is -0.121. The van der Waals surface area contributed by atoms with Crippen LogP contribution in [0, 0.1) is 0 Å². The van der Waals surface area contributed by atoms with Gasteiger partial charge in [-0.1, -0.05) is 6.92 Å². The second-order valence-electron chi connectivity index (χ2n) is 6.44. The lowest BCUT2D eigenvalue weighted by atomic mass is 10.2. The lowest BCUT2D eigenvalue weighted by Crippen LogP contribution is -2.39. The van der Waals surface area contributed by atoms with Crippen molar-refractivity contribution in [1.82, 2.24) is 15.2 Å². The number of ether oxygens (including phenoxy) is 1. The van der Waals surface area contributed by atoms with Crippen molar-refractivity contribution < 1.29 is 23.5 Å². The van der Waals surface area contributed by atoms with E-state index in [1.807, 2.05) is 13.8 Å². The Labute approximate surface area is 173 Å². The molecule has 0 aliphatic carbocycles. The monoisotopic (exact) mass is 422 g/mol. The van der Waals surface area contributed by atoms with Crippen LogP contribution in [0.2, 0.25) is 0 Å². The minimum Gasteiger partial charge on any atom is -0.459 e. The third-order valence-electron chi connectivity index (χ3n) is 4.08. The predicted octanol–water partition coefficient (Wildman–Crippen LogP) is 1.92. The van der Waals surface area contributed by atoms with E-state index in [1.165, 1.54) is 35.7 Å². The molecule has 0 fully saturated rings. The maximum absolute atomic E-state index is 12.5. The van der Waals surface area contributed by atoms with Crippen molar-refractivity contribution >= 4 is 34.2 Å². The number of furan rings is 1. The van der Waals surface area contributed by atoms with Crippen LogP contribution in [-0.2, 0) is 20.7 Å². The van der Waals surface area contributed by atoms with Gasteiger partial charge in [-0.05, 0) is 25.5 Å². The van der Waals surface area contributed by atoms with Crippen molar-refractivity contribution in [2.24, 2.45) is 0 Å². The molecule has 0 aliphatic rings. The van der Waals surface area contributed by atoms with Crippen molar-refractivity contribution in [2.45, 2.75) is 32.7 Å². The van der Waals surface area contributed by atoms with Gasteiger partial charge in [-0.3, -0.25) is 14.4 Å². The van der Waals surface area contributed by atoms with Crippen LogP contribution >= 0.6 is 11.3 Å². The first-order valence-electron chi connectivity index (χ1n) is 9.28. The maximum atomic E-state index is 12.5. The van der Waals surface area contributed by atoms with E-state index in [9.17, 15) is 14.4 Å². The molecule has 0 radical (unpaired) electrons. The fraction of sp³-hybridized carbons (Fsp3) is 0.474. The molecule has 2 N–H and O–H groups in total. The van der Waals surface area contributed by atoms with Gasteiger partial charge in [0.25, 0.3) is 5.91 Å². The number of methoxy groups -OCH3 is 1. The first-order chi connectivity index (χ1) is 13.9. The Bertz CT molecular complexity index is 805. The molecule has 1 unspecified atom stereocenters. The van der Waals surface area contributed by atoms with Gasteiger partial charge in [0.2, 0.25) is 11.8 Å². The number of rotatable bonds is 11. The quantitative estimate of drug-likeness (QED) is 0.572. The third-order valence-corrected chi connectivity index (χ3v) is 4.89. The van der Waals surface area contributed by atoms with E-state index >= 15 is 0 Å². The largest absolute Gasteiger partial charge is 0.459 e. The number of hydrogen-bond acceptors (Lipinski definition) is 7. The summed E-state index contributed by atoms with van der Waals surface area (Å²) in [7, 11) is 1.52. The summed E-state index contributed by atoms with van der Waals surface area (Å²) in [5, 5.41) is 7.64. The number of carbonyl (C=O) groups is 3. The second-order valence-corrected chi connectivity index (χ2v) is 7.30. The van der Waals surface area contributed by atoms with Crippen molar-refractivity contribution in [3.63, 3.8) is 0 Å². The van der Waals surface area contributed by atoms with E-state index in [4.69, 9.17) is 9.15 Å². The number of thiazole rings is 1. The fourth-order valence-electron chi connectivity index (χ4n) is 2.38. The zero-order valence-electron chi connectivity index (χ0n) is 16.8. The summed E-state index contributed by atoms with van der Waals surface area (Å²) >= 11 is 1.23. The van der Waals surface area contributed by atoms with Crippen LogP contribution in [0.4, 0.5) is 5.13 Å². The molecule has 1 atom stereocenters. The van der Waals surface area contributed by atoms with Crippen LogP contribution in [0.5, 0.6) is 0 Å². The van der Waals surface area contributed by atoms with E-state index in [2.05, 4.69) is 15.6 Å². The zero-order valence-corrected chi connectivity index (χ0v) is 17.6. The van der Waals surface area contributed by atoms with Crippen LogP contribution in [0.1, 0.15) is 36.5 Å². The normalized spacial score (nSPS) is 11.7. The molecule has 3 amide bonds. The highest BCUT2D eigenvalue weighted by molar-refractivity contribution is 7.13. The SMILES string of the molecule is CCC(C)NC(=O)Cc1csc(NC(=O)CN(CCOC)C(=O)c2ccco2)n1. The van der Waals surface area contributed by atoms with Crippen LogP contribution in [-0.4, -0.2) is 60.5 Å². The molecule has 9 nitrogen and oxygen atoms in total.